The van der Waals surface area contributed by atoms with Crippen LogP contribution in [-0.4, -0.2) is 38.9 Å². The molecular formula is C13H13N3O3S. The van der Waals surface area contributed by atoms with E-state index in [0.29, 0.717) is 6.54 Å². The summed E-state index contributed by atoms with van der Waals surface area (Å²) in [6.45, 7) is 2.23. The first kappa shape index (κ1) is 14.1. The van der Waals surface area contributed by atoms with E-state index in [1.165, 1.54) is 10.3 Å². The monoisotopic (exact) mass is 291 g/mol. The van der Waals surface area contributed by atoms with Crippen LogP contribution in [0.1, 0.15) is 31.7 Å². The van der Waals surface area contributed by atoms with E-state index in [-0.39, 0.29) is 16.6 Å². The second-order valence-corrected chi connectivity index (χ2v) is 5.13. The molecule has 7 heteroatoms. The van der Waals surface area contributed by atoms with Crippen molar-refractivity contribution in [1.29, 1.82) is 0 Å². The topological polar surface area (TPSA) is 83.4 Å². The van der Waals surface area contributed by atoms with Crippen molar-refractivity contribution in [3.05, 3.63) is 45.7 Å². The molecule has 6 nitrogen and oxygen atoms in total. The molecule has 0 spiro atoms. The van der Waals surface area contributed by atoms with Crippen molar-refractivity contribution in [2.45, 2.75) is 13.5 Å². The Kier molecular flexibility index (Phi) is 4.09. The van der Waals surface area contributed by atoms with Crippen LogP contribution >= 0.6 is 11.3 Å². The molecule has 0 fully saturated rings. The zero-order valence-electron chi connectivity index (χ0n) is 11.0. The van der Waals surface area contributed by atoms with Crippen molar-refractivity contribution in [3.8, 4) is 0 Å². The first-order chi connectivity index (χ1) is 9.47. The Labute approximate surface area is 119 Å². The smallest absolute Gasteiger partial charge is 0.355 e. The van der Waals surface area contributed by atoms with E-state index in [1.54, 1.807) is 7.05 Å². The molecule has 2 aromatic rings. The number of hydrogen-bond donors (Lipinski definition) is 1. The average Bonchev–Trinajstić information content (AvgIpc) is 2.87. The standard InChI is InChI=1S/C13H13N3O3S/c1-8-4-3-5-9(14-8)6-16(2)12(17)11-15-10(7-20-11)13(18)19/h3-5,7H,6H2,1-2H3,(H,18,19). The molecule has 0 aromatic carbocycles. The van der Waals surface area contributed by atoms with E-state index in [4.69, 9.17) is 5.11 Å². The van der Waals surface area contributed by atoms with Gasteiger partial charge in [-0.25, -0.2) is 9.78 Å². The number of pyridine rings is 1. The van der Waals surface area contributed by atoms with E-state index in [9.17, 15) is 9.59 Å². The van der Waals surface area contributed by atoms with Crippen molar-refractivity contribution in [3.63, 3.8) is 0 Å². The summed E-state index contributed by atoms with van der Waals surface area (Å²) in [4.78, 5) is 32.4. The van der Waals surface area contributed by atoms with Gasteiger partial charge < -0.3 is 10.0 Å². The predicted octanol–water partition coefficient (Wildman–Crippen LogP) is 1.82. The molecule has 1 N–H and O–H groups in total. The molecule has 0 saturated heterocycles. The maximum Gasteiger partial charge on any atom is 0.355 e. The lowest BCUT2D eigenvalue weighted by molar-refractivity contribution is 0.0691. The molecule has 0 aliphatic carbocycles. The van der Waals surface area contributed by atoms with Gasteiger partial charge in [0.15, 0.2) is 10.7 Å². The number of aromatic nitrogens is 2. The number of nitrogens with zero attached hydrogens (tertiary/aromatic N) is 3. The number of aromatic carboxylic acids is 1. The van der Waals surface area contributed by atoms with Crippen molar-refractivity contribution in [1.82, 2.24) is 14.9 Å². The Morgan fingerprint density at radius 1 is 1.35 bits per heavy atom. The molecule has 0 bridgehead atoms. The molecular weight excluding hydrogens is 278 g/mol. The third kappa shape index (κ3) is 3.18. The van der Waals surface area contributed by atoms with Crippen LogP contribution < -0.4 is 0 Å². The zero-order valence-corrected chi connectivity index (χ0v) is 11.8. The first-order valence-corrected chi connectivity index (χ1v) is 6.72. The molecule has 0 atom stereocenters. The van der Waals surface area contributed by atoms with Gasteiger partial charge >= 0.3 is 5.97 Å². The SMILES string of the molecule is Cc1cccc(CN(C)C(=O)c2nc(C(=O)O)cs2)n1. The van der Waals surface area contributed by atoms with E-state index in [0.717, 1.165) is 22.7 Å². The van der Waals surface area contributed by atoms with Crippen molar-refractivity contribution in [2.75, 3.05) is 7.05 Å². The fraction of sp³-hybridized carbons (Fsp3) is 0.231. The number of carboxylic acids is 1. The highest BCUT2D eigenvalue weighted by Gasteiger charge is 2.18. The number of thiazole rings is 1. The summed E-state index contributed by atoms with van der Waals surface area (Å²) in [5.74, 6) is -1.45. The van der Waals surface area contributed by atoms with Crippen LogP contribution in [0.4, 0.5) is 0 Å². The van der Waals surface area contributed by atoms with Gasteiger partial charge in [-0.2, -0.15) is 0 Å². The second kappa shape index (κ2) is 5.79. The minimum Gasteiger partial charge on any atom is -0.476 e. The minimum atomic E-state index is -1.14. The first-order valence-electron chi connectivity index (χ1n) is 5.84. The van der Waals surface area contributed by atoms with E-state index in [2.05, 4.69) is 9.97 Å². The highest BCUT2D eigenvalue weighted by Crippen LogP contribution is 2.13. The number of aryl methyl sites for hydroxylation is 1. The summed E-state index contributed by atoms with van der Waals surface area (Å²) in [6.07, 6.45) is 0. The summed E-state index contributed by atoms with van der Waals surface area (Å²) in [7, 11) is 1.63. The predicted molar refractivity (Wildman–Crippen MR) is 73.8 cm³/mol. The average molecular weight is 291 g/mol. The third-order valence-corrected chi connectivity index (χ3v) is 3.43. The molecule has 0 radical (unpaired) electrons. The lowest BCUT2D eigenvalue weighted by atomic mass is 10.3. The number of hydrogen-bond acceptors (Lipinski definition) is 5. The number of carboxylic acid groups (broad SMARTS) is 1. The molecule has 104 valence electrons. The van der Waals surface area contributed by atoms with Crippen LogP contribution in [0.25, 0.3) is 0 Å². The highest BCUT2D eigenvalue weighted by atomic mass is 32.1. The largest absolute Gasteiger partial charge is 0.476 e. The molecule has 0 saturated carbocycles. The summed E-state index contributed by atoms with van der Waals surface area (Å²) in [5.41, 5.74) is 1.54. The van der Waals surface area contributed by atoms with Gasteiger partial charge in [-0.15, -0.1) is 11.3 Å². The van der Waals surface area contributed by atoms with Crippen LogP contribution in [0.5, 0.6) is 0 Å². The molecule has 2 aromatic heterocycles. The van der Waals surface area contributed by atoms with Crippen LogP contribution in [0.2, 0.25) is 0 Å². The minimum absolute atomic E-state index is 0.111. The molecule has 0 aliphatic rings. The van der Waals surface area contributed by atoms with Crippen LogP contribution in [0.15, 0.2) is 23.6 Å². The lowest BCUT2D eigenvalue weighted by Gasteiger charge is -2.15. The number of rotatable bonds is 4. The molecule has 0 aliphatic heterocycles. The van der Waals surface area contributed by atoms with Gasteiger partial charge in [-0.3, -0.25) is 9.78 Å². The summed E-state index contributed by atoms with van der Waals surface area (Å²) in [6, 6.07) is 5.59. The van der Waals surface area contributed by atoms with Gasteiger partial charge in [-0.1, -0.05) is 6.07 Å². The number of amides is 1. The Bertz CT molecular complexity index is 654. The second-order valence-electron chi connectivity index (χ2n) is 4.27. The Hall–Kier alpha value is -2.28. The molecule has 2 heterocycles. The Morgan fingerprint density at radius 3 is 2.70 bits per heavy atom. The van der Waals surface area contributed by atoms with Gasteiger partial charge in [0.2, 0.25) is 0 Å². The van der Waals surface area contributed by atoms with E-state index < -0.39 is 5.97 Å². The van der Waals surface area contributed by atoms with Gasteiger partial charge in [0.1, 0.15) is 0 Å². The molecule has 20 heavy (non-hydrogen) atoms. The fourth-order valence-corrected chi connectivity index (χ4v) is 2.42. The van der Waals surface area contributed by atoms with E-state index in [1.807, 2.05) is 25.1 Å². The maximum absolute atomic E-state index is 12.1. The van der Waals surface area contributed by atoms with Crippen LogP contribution in [0.3, 0.4) is 0 Å². The summed E-state index contributed by atoms with van der Waals surface area (Å²) >= 11 is 1.02. The maximum atomic E-state index is 12.1. The number of carbonyl (C=O) groups excluding carboxylic acids is 1. The summed E-state index contributed by atoms with van der Waals surface area (Å²) < 4.78 is 0. The Morgan fingerprint density at radius 2 is 2.10 bits per heavy atom. The lowest BCUT2D eigenvalue weighted by Crippen LogP contribution is -2.26. The highest BCUT2D eigenvalue weighted by molar-refractivity contribution is 7.11. The summed E-state index contributed by atoms with van der Waals surface area (Å²) in [5, 5.41) is 10.3. The van der Waals surface area contributed by atoms with Crippen molar-refractivity contribution < 1.29 is 14.7 Å². The third-order valence-electron chi connectivity index (χ3n) is 2.60. The molecule has 2 rings (SSSR count). The van der Waals surface area contributed by atoms with E-state index >= 15 is 0 Å². The normalized spacial score (nSPS) is 10.3. The van der Waals surface area contributed by atoms with Gasteiger partial charge in [0.05, 0.1) is 12.2 Å². The van der Waals surface area contributed by atoms with Gasteiger partial charge in [-0.05, 0) is 19.1 Å². The number of carbonyl (C=O) groups is 2. The van der Waals surface area contributed by atoms with Crippen molar-refractivity contribution >= 4 is 23.2 Å². The van der Waals surface area contributed by atoms with Crippen LogP contribution in [-0.2, 0) is 6.54 Å². The zero-order chi connectivity index (χ0) is 14.7. The van der Waals surface area contributed by atoms with Gasteiger partial charge in [0, 0.05) is 18.1 Å². The van der Waals surface area contributed by atoms with Crippen LogP contribution in [0, 0.1) is 6.92 Å². The van der Waals surface area contributed by atoms with Crippen molar-refractivity contribution in [2.24, 2.45) is 0 Å². The quantitative estimate of drug-likeness (QED) is 0.929. The fourth-order valence-electron chi connectivity index (χ4n) is 1.64. The Balaban J connectivity index is 2.10. The molecule has 1 amide bonds. The van der Waals surface area contributed by atoms with Gasteiger partial charge in [0.25, 0.3) is 5.91 Å². The molecule has 0 unspecified atom stereocenters.